The number of ether oxygens (including phenoxy) is 1. The highest BCUT2D eigenvalue weighted by molar-refractivity contribution is 5.99. The van der Waals surface area contributed by atoms with Crippen LogP contribution in [0, 0.1) is 0 Å². The van der Waals surface area contributed by atoms with Crippen molar-refractivity contribution in [3.63, 3.8) is 0 Å². The molecule has 0 saturated carbocycles. The minimum absolute atomic E-state index is 0.149. The normalized spacial score (nSPS) is 10.2. The molecule has 2 rings (SSSR count). The van der Waals surface area contributed by atoms with Crippen molar-refractivity contribution in [3.8, 4) is 11.5 Å². The Balaban J connectivity index is 2.80. The number of phenolic OH excluding ortho intramolecular Hbond substituents is 1. The molecule has 2 aromatic carbocycles. The molecule has 0 aliphatic carbocycles. The van der Waals surface area contributed by atoms with Crippen molar-refractivity contribution >= 4 is 17.1 Å². The van der Waals surface area contributed by atoms with E-state index in [9.17, 15) is 9.90 Å². The van der Waals surface area contributed by atoms with Crippen LogP contribution in [0.5, 0.6) is 11.5 Å². The van der Waals surface area contributed by atoms with Crippen molar-refractivity contribution in [1.82, 2.24) is 0 Å². The van der Waals surface area contributed by atoms with E-state index in [0.717, 1.165) is 17.1 Å². The molecule has 1 N–H and O–H groups in total. The van der Waals surface area contributed by atoms with Gasteiger partial charge in [-0.1, -0.05) is 6.07 Å². The average Bonchev–Trinajstić information content (AvgIpc) is 2.27. The van der Waals surface area contributed by atoms with Gasteiger partial charge in [0.2, 0.25) is 0 Å². The van der Waals surface area contributed by atoms with Crippen molar-refractivity contribution in [2.75, 3.05) is 7.11 Å². The third kappa shape index (κ3) is 1.64. The summed E-state index contributed by atoms with van der Waals surface area (Å²) in [5.74, 6) is 0.783. The van der Waals surface area contributed by atoms with Crippen LogP contribution >= 0.6 is 0 Å². The maximum Gasteiger partial charge on any atom is 0.150 e. The Morgan fingerprint density at radius 1 is 1.27 bits per heavy atom. The maximum atomic E-state index is 10.9. The number of aldehydes is 1. The zero-order valence-corrected chi connectivity index (χ0v) is 8.23. The van der Waals surface area contributed by atoms with Gasteiger partial charge in [-0.25, -0.2) is 0 Å². The highest BCUT2D eigenvalue weighted by atomic mass is 16.5. The van der Waals surface area contributed by atoms with Crippen LogP contribution in [-0.2, 0) is 0 Å². The van der Waals surface area contributed by atoms with E-state index in [0.29, 0.717) is 11.3 Å². The van der Waals surface area contributed by atoms with Crippen LogP contribution in [-0.4, -0.2) is 18.5 Å². The summed E-state index contributed by atoms with van der Waals surface area (Å²) in [6.07, 6.45) is 0.754. The summed E-state index contributed by atoms with van der Waals surface area (Å²) in [4.78, 5) is 10.9. The molecular formula is C12H10O3. The number of hydrogen-bond donors (Lipinski definition) is 1. The molecule has 3 nitrogen and oxygen atoms in total. The lowest BCUT2D eigenvalue weighted by atomic mass is 10.0. The number of rotatable bonds is 2. The fraction of sp³-hybridized carbons (Fsp3) is 0.0833. The largest absolute Gasteiger partial charge is 0.508 e. The van der Waals surface area contributed by atoms with Crippen LogP contribution in [0.3, 0.4) is 0 Å². The zero-order valence-electron chi connectivity index (χ0n) is 8.23. The number of carbonyl (C=O) groups is 1. The molecule has 0 heterocycles. The molecule has 0 saturated heterocycles. The van der Waals surface area contributed by atoms with Gasteiger partial charge in [0.05, 0.1) is 7.11 Å². The molecular weight excluding hydrogens is 192 g/mol. The molecule has 0 amide bonds. The molecule has 0 spiro atoms. The first kappa shape index (κ1) is 9.52. The Hall–Kier alpha value is -2.03. The lowest BCUT2D eigenvalue weighted by Gasteiger charge is -2.05. The number of phenols is 1. The summed E-state index contributed by atoms with van der Waals surface area (Å²) in [5, 5.41) is 10.9. The fourth-order valence-electron chi connectivity index (χ4n) is 1.56. The summed E-state index contributed by atoms with van der Waals surface area (Å²) in [6.45, 7) is 0. The van der Waals surface area contributed by atoms with Crippen molar-refractivity contribution in [2.45, 2.75) is 0 Å². The van der Waals surface area contributed by atoms with Gasteiger partial charge in [-0.05, 0) is 35.0 Å². The molecule has 3 heteroatoms. The average molecular weight is 202 g/mol. The molecule has 0 bridgehead atoms. The second-order valence-electron chi connectivity index (χ2n) is 3.24. The second-order valence-corrected chi connectivity index (χ2v) is 3.24. The molecule has 0 aliphatic rings. The van der Waals surface area contributed by atoms with Gasteiger partial charge < -0.3 is 9.84 Å². The Bertz CT molecular complexity index is 518. The molecule has 0 fully saturated rings. The zero-order chi connectivity index (χ0) is 10.8. The van der Waals surface area contributed by atoms with E-state index in [4.69, 9.17) is 4.74 Å². The van der Waals surface area contributed by atoms with Crippen LogP contribution in [0.15, 0.2) is 30.3 Å². The highest BCUT2D eigenvalue weighted by Gasteiger charge is 2.04. The molecule has 0 unspecified atom stereocenters. The van der Waals surface area contributed by atoms with Crippen LogP contribution < -0.4 is 4.74 Å². The lowest BCUT2D eigenvalue weighted by molar-refractivity contribution is 0.112. The van der Waals surface area contributed by atoms with Gasteiger partial charge in [0.25, 0.3) is 0 Å². The van der Waals surface area contributed by atoms with E-state index in [-0.39, 0.29) is 5.75 Å². The van der Waals surface area contributed by atoms with Gasteiger partial charge in [-0.3, -0.25) is 4.79 Å². The third-order valence-corrected chi connectivity index (χ3v) is 2.31. The second kappa shape index (κ2) is 3.61. The van der Waals surface area contributed by atoms with Crippen molar-refractivity contribution in [3.05, 3.63) is 35.9 Å². The predicted octanol–water partition coefficient (Wildman–Crippen LogP) is 2.37. The van der Waals surface area contributed by atoms with Crippen LogP contribution in [0.2, 0.25) is 0 Å². The minimum Gasteiger partial charge on any atom is -0.508 e. The van der Waals surface area contributed by atoms with E-state index >= 15 is 0 Å². The van der Waals surface area contributed by atoms with E-state index in [1.54, 1.807) is 31.4 Å². The van der Waals surface area contributed by atoms with Gasteiger partial charge >= 0.3 is 0 Å². The maximum absolute atomic E-state index is 10.9. The van der Waals surface area contributed by atoms with Gasteiger partial charge in [0.1, 0.15) is 11.5 Å². The first-order valence-corrected chi connectivity index (χ1v) is 4.50. The molecule has 0 aliphatic heterocycles. The third-order valence-electron chi connectivity index (χ3n) is 2.31. The van der Waals surface area contributed by atoms with Crippen LogP contribution in [0.1, 0.15) is 10.4 Å². The van der Waals surface area contributed by atoms with Crippen molar-refractivity contribution in [2.24, 2.45) is 0 Å². The van der Waals surface area contributed by atoms with E-state index in [1.165, 1.54) is 0 Å². The molecule has 0 atom stereocenters. The van der Waals surface area contributed by atoms with Crippen molar-refractivity contribution < 1.29 is 14.6 Å². The Labute approximate surface area is 86.9 Å². The summed E-state index contributed by atoms with van der Waals surface area (Å²) < 4.78 is 5.07. The van der Waals surface area contributed by atoms with Gasteiger partial charge in [0, 0.05) is 5.56 Å². The quantitative estimate of drug-likeness (QED) is 0.760. The van der Waals surface area contributed by atoms with Crippen LogP contribution in [0.25, 0.3) is 10.8 Å². The van der Waals surface area contributed by atoms with E-state index in [2.05, 4.69) is 0 Å². The van der Waals surface area contributed by atoms with Gasteiger partial charge in [0.15, 0.2) is 6.29 Å². The number of aromatic hydroxyl groups is 1. The summed E-state index contributed by atoms with van der Waals surface area (Å²) >= 11 is 0. The Kier molecular flexibility index (Phi) is 2.29. The topological polar surface area (TPSA) is 46.5 Å². The Morgan fingerprint density at radius 2 is 2.07 bits per heavy atom. The number of hydrogen-bond acceptors (Lipinski definition) is 3. The number of benzene rings is 2. The predicted molar refractivity (Wildman–Crippen MR) is 57.6 cm³/mol. The standard InChI is InChI=1S/C12H10O3/c1-15-11-4-8-2-3-10(14)6-12(8)9(5-11)7-13/h2-7,14H,1H3. The van der Waals surface area contributed by atoms with Gasteiger partial charge in [-0.15, -0.1) is 0 Å². The SMILES string of the molecule is COc1cc(C=O)c2cc(O)ccc2c1. The summed E-state index contributed by atoms with van der Waals surface area (Å²) in [7, 11) is 1.55. The molecule has 76 valence electrons. The highest BCUT2D eigenvalue weighted by Crippen LogP contribution is 2.27. The smallest absolute Gasteiger partial charge is 0.150 e. The minimum atomic E-state index is 0.149. The monoisotopic (exact) mass is 202 g/mol. The van der Waals surface area contributed by atoms with Crippen LogP contribution in [0.4, 0.5) is 0 Å². The first-order valence-electron chi connectivity index (χ1n) is 4.50. The summed E-state index contributed by atoms with van der Waals surface area (Å²) in [5.41, 5.74) is 0.514. The summed E-state index contributed by atoms with van der Waals surface area (Å²) in [6, 6.07) is 8.37. The van der Waals surface area contributed by atoms with Crippen molar-refractivity contribution in [1.29, 1.82) is 0 Å². The molecule has 15 heavy (non-hydrogen) atoms. The Morgan fingerprint density at radius 3 is 2.73 bits per heavy atom. The number of methoxy groups -OCH3 is 1. The van der Waals surface area contributed by atoms with Gasteiger partial charge in [-0.2, -0.15) is 0 Å². The fourth-order valence-corrected chi connectivity index (χ4v) is 1.56. The molecule has 2 aromatic rings. The van der Waals surface area contributed by atoms with E-state index in [1.807, 2.05) is 6.07 Å². The number of fused-ring (bicyclic) bond motifs is 1. The van der Waals surface area contributed by atoms with E-state index < -0.39 is 0 Å². The lowest BCUT2D eigenvalue weighted by Crippen LogP contribution is -1.88. The molecule has 0 aromatic heterocycles. The molecule has 0 radical (unpaired) electrons. The number of carbonyl (C=O) groups excluding carboxylic acids is 1. The first-order chi connectivity index (χ1) is 7.24.